The first-order valence-corrected chi connectivity index (χ1v) is 7.87. The van der Waals surface area contributed by atoms with Crippen LogP contribution in [-0.4, -0.2) is 25.2 Å². The summed E-state index contributed by atoms with van der Waals surface area (Å²) < 4.78 is 5.85. The Labute approximate surface area is 122 Å². The van der Waals surface area contributed by atoms with Crippen molar-refractivity contribution < 1.29 is 4.79 Å². The molecule has 106 valence electrons. The van der Waals surface area contributed by atoms with Crippen LogP contribution in [0.4, 0.5) is 0 Å². The second-order valence-electron chi connectivity index (χ2n) is 5.37. The minimum atomic E-state index is 0.0615. The molecule has 2 heterocycles. The molecule has 6 heteroatoms. The number of aryl methyl sites for hydroxylation is 1. The van der Waals surface area contributed by atoms with E-state index in [0.717, 1.165) is 5.69 Å². The minimum Gasteiger partial charge on any atom is -0.293 e. The number of hydrogen-bond acceptors (Lipinski definition) is 5. The lowest BCUT2D eigenvalue weighted by Gasteiger charge is -2.21. The highest BCUT2D eigenvalue weighted by molar-refractivity contribution is 7.08. The Balaban J connectivity index is 1.68. The highest BCUT2D eigenvalue weighted by atomic mass is 32.1. The van der Waals surface area contributed by atoms with Crippen molar-refractivity contribution in [2.75, 3.05) is 0 Å². The van der Waals surface area contributed by atoms with Crippen LogP contribution < -0.4 is 0 Å². The lowest BCUT2D eigenvalue weighted by Crippen LogP contribution is -2.14. The van der Waals surface area contributed by atoms with Gasteiger partial charge in [-0.1, -0.05) is 23.8 Å². The first kappa shape index (κ1) is 13.4. The van der Waals surface area contributed by atoms with Gasteiger partial charge >= 0.3 is 0 Å². The van der Waals surface area contributed by atoms with Gasteiger partial charge in [-0.3, -0.25) is 9.48 Å². The van der Waals surface area contributed by atoms with Crippen LogP contribution in [0.2, 0.25) is 0 Å². The first-order valence-electron chi connectivity index (χ1n) is 7.10. The second kappa shape index (κ2) is 5.83. The van der Waals surface area contributed by atoms with Crippen molar-refractivity contribution in [2.45, 2.75) is 51.5 Å². The third-order valence-corrected chi connectivity index (χ3v) is 4.73. The normalized spacial score (nSPS) is 16.4. The van der Waals surface area contributed by atoms with Crippen molar-refractivity contribution in [1.29, 1.82) is 0 Å². The summed E-state index contributed by atoms with van der Waals surface area (Å²) in [5, 5.41) is 8.45. The van der Waals surface area contributed by atoms with Crippen LogP contribution in [0.1, 0.15) is 59.2 Å². The van der Waals surface area contributed by atoms with Gasteiger partial charge in [-0.15, -0.1) is 5.10 Å². The largest absolute Gasteiger partial charge is 0.293 e. The lowest BCUT2D eigenvalue weighted by molar-refractivity contribution is 0.0994. The van der Waals surface area contributed by atoms with E-state index in [9.17, 15) is 4.79 Å². The fourth-order valence-electron chi connectivity index (χ4n) is 2.75. The van der Waals surface area contributed by atoms with Crippen LogP contribution in [0.15, 0.2) is 12.3 Å². The zero-order chi connectivity index (χ0) is 13.9. The minimum absolute atomic E-state index is 0.0615. The Bertz CT molecular complexity index is 598. The molecule has 0 amide bonds. The van der Waals surface area contributed by atoms with E-state index in [4.69, 9.17) is 0 Å². The zero-order valence-electron chi connectivity index (χ0n) is 11.6. The molecular formula is C14H18N4OS. The molecule has 1 aliphatic carbocycles. The molecular weight excluding hydrogens is 272 g/mol. The first-order chi connectivity index (χ1) is 9.74. The monoisotopic (exact) mass is 290 g/mol. The Hall–Kier alpha value is -1.56. The molecule has 0 aliphatic heterocycles. The van der Waals surface area contributed by atoms with Gasteiger partial charge in [0.05, 0.1) is 23.9 Å². The Morgan fingerprint density at radius 1 is 1.40 bits per heavy atom. The highest BCUT2D eigenvalue weighted by Gasteiger charge is 2.18. The van der Waals surface area contributed by atoms with Gasteiger partial charge in [0.1, 0.15) is 4.88 Å². The summed E-state index contributed by atoms with van der Waals surface area (Å²) in [4.78, 5) is 12.8. The standard InChI is InChI=1S/C14H18N4OS/c1-10-14(20-17-15-10)13(19)9-11-7-8-18(16-11)12-5-3-2-4-6-12/h7-8,12H,2-6,9H2,1H3. The number of rotatable bonds is 4. The quantitative estimate of drug-likeness (QED) is 0.812. The van der Waals surface area contributed by atoms with Crippen LogP contribution in [0.5, 0.6) is 0 Å². The van der Waals surface area contributed by atoms with Gasteiger partial charge in [-0.2, -0.15) is 5.10 Å². The van der Waals surface area contributed by atoms with E-state index in [1.54, 1.807) is 0 Å². The molecule has 0 saturated heterocycles. The summed E-state index contributed by atoms with van der Waals surface area (Å²) in [6.45, 7) is 1.82. The van der Waals surface area contributed by atoms with E-state index in [2.05, 4.69) is 14.7 Å². The SMILES string of the molecule is Cc1nnsc1C(=O)Cc1ccn(C2CCCCC2)n1. The topological polar surface area (TPSA) is 60.7 Å². The van der Waals surface area contributed by atoms with Crippen molar-refractivity contribution in [2.24, 2.45) is 0 Å². The predicted molar refractivity (Wildman–Crippen MR) is 77.0 cm³/mol. The van der Waals surface area contributed by atoms with E-state index >= 15 is 0 Å². The molecule has 0 atom stereocenters. The summed E-state index contributed by atoms with van der Waals surface area (Å²) in [6, 6.07) is 2.47. The zero-order valence-corrected chi connectivity index (χ0v) is 12.4. The molecule has 0 spiro atoms. The van der Waals surface area contributed by atoms with E-state index in [-0.39, 0.29) is 5.78 Å². The average molecular weight is 290 g/mol. The molecule has 0 unspecified atom stereocenters. The Kier molecular flexibility index (Phi) is 3.91. The van der Waals surface area contributed by atoms with Crippen LogP contribution in [0, 0.1) is 6.92 Å². The number of carbonyl (C=O) groups excluding carboxylic acids is 1. The molecule has 1 saturated carbocycles. The Morgan fingerprint density at radius 3 is 2.90 bits per heavy atom. The van der Waals surface area contributed by atoms with Crippen molar-refractivity contribution in [3.05, 3.63) is 28.5 Å². The van der Waals surface area contributed by atoms with Gasteiger partial charge in [-0.05, 0) is 37.4 Å². The van der Waals surface area contributed by atoms with E-state index in [1.807, 2.05) is 23.9 Å². The van der Waals surface area contributed by atoms with Crippen LogP contribution >= 0.6 is 11.5 Å². The number of carbonyl (C=O) groups is 1. The fraction of sp³-hybridized carbons (Fsp3) is 0.571. The Morgan fingerprint density at radius 2 is 2.20 bits per heavy atom. The molecule has 2 aromatic rings. The molecule has 5 nitrogen and oxygen atoms in total. The maximum absolute atomic E-state index is 12.2. The van der Waals surface area contributed by atoms with Gasteiger partial charge in [0.2, 0.25) is 0 Å². The number of aromatic nitrogens is 4. The van der Waals surface area contributed by atoms with Crippen molar-refractivity contribution in [3.8, 4) is 0 Å². The average Bonchev–Trinajstić information content (AvgIpc) is 3.09. The van der Waals surface area contributed by atoms with Gasteiger partial charge in [0.25, 0.3) is 0 Å². The summed E-state index contributed by atoms with van der Waals surface area (Å²) in [5.41, 5.74) is 1.56. The van der Waals surface area contributed by atoms with Crippen LogP contribution in [0.3, 0.4) is 0 Å². The summed E-state index contributed by atoms with van der Waals surface area (Å²) >= 11 is 1.17. The van der Waals surface area contributed by atoms with Crippen molar-refractivity contribution in [3.63, 3.8) is 0 Å². The van der Waals surface area contributed by atoms with Gasteiger partial charge in [0.15, 0.2) is 5.78 Å². The van der Waals surface area contributed by atoms with Crippen LogP contribution in [0.25, 0.3) is 0 Å². The summed E-state index contributed by atoms with van der Waals surface area (Å²) in [7, 11) is 0. The van der Waals surface area contributed by atoms with E-state index in [0.29, 0.717) is 23.0 Å². The van der Waals surface area contributed by atoms with E-state index < -0.39 is 0 Å². The van der Waals surface area contributed by atoms with Crippen molar-refractivity contribution in [1.82, 2.24) is 19.4 Å². The highest BCUT2D eigenvalue weighted by Crippen LogP contribution is 2.27. The number of hydrogen-bond donors (Lipinski definition) is 0. The smallest absolute Gasteiger partial charge is 0.182 e. The summed E-state index contributed by atoms with van der Waals surface area (Å²) in [5.74, 6) is 0.0615. The van der Waals surface area contributed by atoms with Gasteiger partial charge in [-0.25, -0.2) is 0 Å². The molecule has 1 fully saturated rings. The third-order valence-electron chi connectivity index (χ3n) is 3.86. The molecule has 20 heavy (non-hydrogen) atoms. The molecule has 2 aromatic heterocycles. The molecule has 0 N–H and O–H groups in total. The molecule has 0 aromatic carbocycles. The molecule has 0 bridgehead atoms. The number of ketones is 1. The summed E-state index contributed by atoms with van der Waals surface area (Å²) in [6.07, 6.45) is 8.65. The van der Waals surface area contributed by atoms with Crippen LogP contribution in [-0.2, 0) is 6.42 Å². The number of Topliss-reactive ketones (excluding diaryl/α,β-unsaturated/α-hetero) is 1. The third kappa shape index (κ3) is 2.80. The molecule has 3 rings (SSSR count). The van der Waals surface area contributed by atoms with E-state index in [1.165, 1.54) is 43.6 Å². The molecule has 1 aliphatic rings. The van der Waals surface area contributed by atoms with Gasteiger partial charge < -0.3 is 0 Å². The number of nitrogens with zero attached hydrogens (tertiary/aromatic N) is 4. The second-order valence-corrected chi connectivity index (χ2v) is 6.12. The molecule has 0 radical (unpaired) electrons. The van der Waals surface area contributed by atoms with Crippen molar-refractivity contribution >= 4 is 17.3 Å². The van der Waals surface area contributed by atoms with Gasteiger partial charge in [0, 0.05) is 6.20 Å². The maximum Gasteiger partial charge on any atom is 0.182 e. The predicted octanol–water partition coefficient (Wildman–Crippen LogP) is 2.97. The lowest BCUT2D eigenvalue weighted by atomic mass is 9.96. The maximum atomic E-state index is 12.2. The fourth-order valence-corrected chi connectivity index (χ4v) is 3.34.